The Morgan fingerprint density at radius 1 is 1.21 bits per heavy atom. The summed E-state index contributed by atoms with van der Waals surface area (Å²) in [6.07, 6.45) is 10.5. The minimum atomic E-state index is -0.0338. The minimum absolute atomic E-state index is 0.0133. The summed E-state index contributed by atoms with van der Waals surface area (Å²) in [6.45, 7) is 1.17. The molecule has 0 saturated heterocycles. The number of fused-ring (bicyclic) bond motifs is 3. The van der Waals surface area contributed by atoms with Crippen molar-refractivity contribution >= 4 is 11.6 Å². The maximum absolute atomic E-state index is 13.3. The Kier molecular flexibility index (Phi) is 4.08. The van der Waals surface area contributed by atoms with Crippen LogP contribution in [0.15, 0.2) is 24.4 Å². The molecule has 1 amide bonds. The van der Waals surface area contributed by atoms with Crippen LogP contribution in [0.4, 0.5) is 0 Å². The van der Waals surface area contributed by atoms with Crippen LogP contribution in [-0.2, 0) is 13.0 Å². The number of amides is 1. The van der Waals surface area contributed by atoms with E-state index in [0.717, 1.165) is 35.6 Å². The van der Waals surface area contributed by atoms with Gasteiger partial charge >= 0.3 is 0 Å². The molecular formula is C24H29N7O2. The van der Waals surface area contributed by atoms with Crippen LogP contribution in [-0.4, -0.2) is 53.8 Å². The lowest BCUT2D eigenvalue weighted by Gasteiger charge is -2.49. The zero-order valence-electron chi connectivity index (χ0n) is 18.7. The van der Waals surface area contributed by atoms with Gasteiger partial charge in [-0.15, -0.1) is 5.10 Å². The summed E-state index contributed by atoms with van der Waals surface area (Å²) in [7, 11) is 0. The second-order valence-electron chi connectivity index (χ2n) is 11.0. The number of imidazole rings is 1. The van der Waals surface area contributed by atoms with E-state index in [1.54, 1.807) is 4.68 Å². The van der Waals surface area contributed by atoms with E-state index in [1.807, 2.05) is 28.8 Å². The predicted octanol–water partition coefficient (Wildman–Crippen LogP) is 1.85. The molecule has 4 aliphatic rings. The topological polar surface area (TPSA) is 110 Å². The Morgan fingerprint density at radius 2 is 2.15 bits per heavy atom. The zero-order chi connectivity index (χ0) is 22.2. The zero-order valence-corrected chi connectivity index (χ0v) is 18.7. The van der Waals surface area contributed by atoms with Gasteiger partial charge in [-0.05, 0) is 89.7 Å². The van der Waals surface area contributed by atoms with Crippen LogP contribution in [0, 0.1) is 28.6 Å². The Balaban J connectivity index is 1.10. The molecule has 4 saturated carbocycles. The monoisotopic (exact) mass is 447 g/mol. The highest BCUT2D eigenvalue weighted by molar-refractivity contribution is 5.93. The highest BCUT2D eigenvalue weighted by Crippen LogP contribution is 2.78. The van der Waals surface area contributed by atoms with E-state index in [4.69, 9.17) is 0 Å². The highest BCUT2D eigenvalue weighted by atomic mass is 16.3. The molecule has 172 valence electrons. The van der Waals surface area contributed by atoms with Crippen molar-refractivity contribution in [3.63, 3.8) is 0 Å². The van der Waals surface area contributed by atoms with Crippen molar-refractivity contribution in [3.05, 3.63) is 41.6 Å². The van der Waals surface area contributed by atoms with Crippen molar-refractivity contribution in [3.8, 4) is 0 Å². The average molecular weight is 448 g/mol. The smallest absolute Gasteiger partial charge is 0.268 e. The van der Waals surface area contributed by atoms with Gasteiger partial charge in [0.05, 0.1) is 18.8 Å². The SMILES string of the molecule is O=C(NCC12CC3CC4CC(C1)C4(C3)C2)c1cccc2nc(Cn3nnnc3CCO)cn12. The molecule has 0 aromatic carbocycles. The van der Waals surface area contributed by atoms with Gasteiger partial charge in [-0.3, -0.25) is 9.20 Å². The number of aliphatic hydroxyl groups is 1. The van der Waals surface area contributed by atoms with E-state index >= 15 is 0 Å². The van der Waals surface area contributed by atoms with Gasteiger partial charge in [0.25, 0.3) is 5.91 Å². The average Bonchev–Trinajstić information content (AvgIpc) is 3.50. The number of hydrogen-bond acceptors (Lipinski definition) is 6. The molecule has 33 heavy (non-hydrogen) atoms. The normalized spacial score (nSPS) is 33.4. The number of nitrogens with zero attached hydrogens (tertiary/aromatic N) is 6. The lowest BCUT2D eigenvalue weighted by molar-refractivity contribution is -0.00254. The van der Waals surface area contributed by atoms with Crippen LogP contribution in [0.5, 0.6) is 0 Å². The number of pyridine rings is 1. The number of rotatable bonds is 7. The molecule has 3 bridgehead atoms. The summed E-state index contributed by atoms with van der Waals surface area (Å²) in [4.78, 5) is 17.9. The van der Waals surface area contributed by atoms with Crippen LogP contribution in [0.3, 0.4) is 0 Å². The number of nitrogens with one attached hydrogen (secondary N) is 1. The third-order valence-electron chi connectivity index (χ3n) is 9.24. The molecule has 4 fully saturated rings. The number of hydrogen-bond donors (Lipinski definition) is 2. The standard InChI is InChI=1S/C24H29N7O2/c32-5-4-21-27-28-29-31(21)12-18-11-30-19(2-1-3-20(30)26-18)22(33)25-14-23-8-15-6-16-7-17(10-23)24(16,9-15)13-23/h1-3,11,15-17,32H,4-10,12-14H2,(H,25,33). The molecule has 7 rings (SSSR count). The fraction of sp³-hybridized carbons (Fsp3) is 0.625. The molecule has 3 aromatic rings. The molecule has 5 atom stereocenters. The Morgan fingerprint density at radius 3 is 3.06 bits per heavy atom. The molecule has 2 N–H and O–H groups in total. The van der Waals surface area contributed by atoms with Crippen LogP contribution in [0.25, 0.3) is 5.65 Å². The van der Waals surface area contributed by atoms with E-state index in [-0.39, 0.29) is 12.5 Å². The van der Waals surface area contributed by atoms with Gasteiger partial charge in [0.1, 0.15) is 11.3 Å². The van der Waals surface area contributed by atoms with E-state index in [1.165, 1.54) is 38.5 Å². The van der Waals surface area contributed by atoms with Crippen LogP contribution in [0.1, 0.15) is 60.5 Å². The number of carbonyl (C=O) groups excluding carboxylic acids is 1. The first-order chi connectivity index (χ1) is 16.1. The Hall–Kier alpha value is -2.81. The third-order valence-corrected chi connectivity index (χ3v) is 9.24. The third kappa shape index (κ3) is 2.84. The molecule has 0 aliphatic heterocycles. The predicted molar refractivity (Wildman–Crippen MR) is 118 cm³/mol. The molecule has 3 heterocycles. The molecule has 5 unspecified atom stereocenters. The highest BCUT2D eigenvalue weighted by Gasteiger charge is 2.70. The van der Waals surface area contributed by atoms with Crippen molar-refractivity contribution in [2.45, 2.75) is 51.5 Å². The Labute approximate surface area is 191 Å². The maximum atomic E-state index is 13.3. The number of aliphatic hydroxyl groups excluding tert-OH is 1. The van der Waals surface area contributed by atoms with Crippen molar-refractivity contribution in [2.75, 3.05) is 13.2 Å². The van der Waals surface area contributed by atoms with Gasteiger partial charge in [-0.1, -0.05) is 6.07 Å². The molecule has 4 aliphatic carbocycles. The number of aromatic nitrogens is 6. The molecular weight excluding hydrogens is 418 g/mol. The van der Waals surface area contributed by atoms with Crippen molar-refractivity contribution in [2.24, 2.45) is 28.6 Å². The van der Waals surface area contributed by atoms with E-state index in [2.05, 4.69) is 25.8 Å². The molecule has 0 radical (unpaired) electrons. The van der Waals surface area contributed by atoms with Crippen LogP contribution >= 0.6 is 0 Å². The second-order valence-corrected chi connectivity index (χ2v) is 11.0. The summed E-state index contributed by atoms with van der Waals surface area (Å²) in [5.74, 6) is 3.35. The fourth-order valence-corrected chi connectivity index (χ4v) is 8.20. The Bertz CT molecular complexity index is 1250. The van der Waals surface area contributed by atoms with E-state index in [0.29, 0.717) is 35.3 Å². The van der Waals surface area contributed by atoms with E-state index < -0.39 is 0 Å². The first-order valence-electron chi connectivity index (χ1n) is 12.2. The summed E-state index contributed by atoms with van der Waals surface area (Å²) < 4.78 is 3.49. The van der Waals surface area contributed by atoms with Crippen LogP contribution in [0.2, 0.25) is 0 Å². The first kappa shape index (κ1) is 19.6. The van der Waals surface area contributed by atoms with Crippen molar-refractivity contribution < 1.29 is 9.90 Å². The largest absolute Gasteiger partial charge is 0.396 e. The van der Waals surface area contributed by atoms with Crippen LogP contribution < -0.4 is 5.32 Å². The fourth-order valence-electron chi connectivity index (χ4n) is 8.20. The molecule has 3 aromatic heterocycles. The first-order valence-corrected chi connectivity index (χ1v) is 12.2. The summed E-state index contributed by atoms with van der Waals surface area (Å²) in [5, 5.41) is 24.2. The molecule has 1 spiro atoms. The van der Waals surface area contributed by atoms with Gasteiger partial charge in [0.15, 0.2) is 5.82 Å². The second kappa shape index (κ2) is 6.85. The van der Waals surface area contributed by atoms with Gasteiger partial charge in [0.2, 0.25) is 0 Å². The summed E-state index contributed by atoms with van der Waals surface area (Å²) in [6, 6.07) is 5.64. The summed E-state index contributed by atoms with van der Waals surface area (Å²) in [5.41, 5.74) is 3.04. The number of carbonyl (C=O) groups is 1. The van der Waals surface area contributed by atoms with E-state index in [9.17, 15) is 9.90 Å². The quantitative estimate of drug-likeness (QED) is 0.572. The van der Waals surface area contributed by atoms with Crippen molar-refractivity contribution in [1.29, 1.82) is 0 Å². The molecule has 9 heteroatoms. The van der Waals surface area contributed by atoms with Gasteiger partial charge in [0, 0.05) is 19.2 Å². The van der Waals surface area contributed by atoms with Crippen molar-refractivity contribution in [1.82, 2.24) is 34.9 Å². The van der Waals surface area contributed by atoms with Gasteiger partial charge in [-0.2, -0.15) is 0 Å². The number of tetrazole rings is 1. The minimum Gasteiger partial charge on any atom is -0.396 e. The summed E-state index contributed by atoms with van der Waals surface area (Å²) >= 11 is 0. The molecule has 9 nitrogen and oxygen atoms in total. The lowest BCUT2D eigenvalue weighted by atomic mass is 9.55. The maximum Gasteiger partial charge on any atom is 0.268 e. The lowest BCUT2D eigenvalue weighted by Crippen LogP contribution is -2.43. The van der Waals surface area contributed by atoms with Gasteiger partial charge < -0.3 is 10.4 Å². The van der Waals surface area contributed by atoms with Gasteiger partial charge in [-0.25, -0.2) is 9.67 Å².